The third-order valence-electron chi connectivity index (χ3n) is 5.69. The Bertz CT molecular complexity index is 735. The lowest BCUT2D eigenvalue weighted by Crippen LogP contribution is -2.51. The molecule has 0 aromatic heterocycles. The number of rotatable bonds is 4. The number of nitro groups is 1. The highest BCUT2D eigenvalue weighted by Crippen LogP contribution is 2.38. The van der Waals surface area contributed by atoms with Crippen molar-refractivity contribution in [2.24, 2.45) is 9.98 Å². The Morgan fingerprint density at radius 3 is 2.19 bits per heavy atom. The molecule has 1 heterocycles. The van der Waals surface area contributed by atoms with E-state index in [1.54, 1.807) is 23.9 Å². The van der Waals surface area contributed by atoms with Gasteiger partial charge in [0.2, 0.25) is 0 Å². The van der Waals surface area contributed by atoms with Crippen LogP contribution >= 0.6 is 11.8 Å². The van der Waals surface area contributed by atoms with Crippen LogP contribution in [0.15, 0.2) is 34.3 Å². The maximum Gasteiger partial charge on any atom is 0.269 e. The summed E-state index contributed by atoms with van der Waals surface area (Å²) in [6, 6.07) is 7.45. The van der Waals surface area contributed by atoms with Crippen molar-refractivity contribution in [1.82, 2.24) is 4.90 Å². The molecule has 0 radical (unpaired) electrons. The molecule has 2 aliphatic carbocycles. The maximum absolute atomic E-state index is 10.8. The van der Waals surface area contributed by atoms with E-state index in [4.69, 9.17) is 9.98 Å². The van der Waals surface area contributed by atoms with Crippen LogP contribution in [0, 0.1) is 10.1 Å². The molecule has 0 bridgehead atoms. The number of aliphatic imine (C=N–C) groups is 2. The first-order valence-corrected chi connectivity index (χ1v) is 10.9. The van der Waals surface area contributed by atoms with E-state index in [1.807, 2.05) is 0 Å². The number of amidine groups is 2. The Morgan fingerprint density at radius 1 is 0.926 bits per heavy atom. The molecule has 2 saturated carbocycles. The van der Waals surface area contributed by atoms with E-state index >= 15 is 0 Å². The first-order chi connectivity index (χ1) is 13.2. The van der Waals surface area contributed by atoms with Crippen LogP contribution < -0.4 is 0 Å². The number of benzene rings is 1. The Morgan fingerprint density at radius 2 is 1.56 bits per heavy atom. The zero-order valence-electron chi connectivity index (χ0n) is 15.5. The standard InChI is InChI=1S/C20H26N4O2S/c25-24(26)18-13-11-16(12-14-18)22-20-23(17-9-5-2-6-10-17)19(27-20)21-15-7-3-1-4-8-15/h11-15,17H,1-10H2. The van der Waals surface area contributed by atoms with Crippen molar-refractivity contribution in [1.29, 1.82) is 0 Å². The first kappa shape index (κ1) is 18.5. The second kappa shape index (κ2) is 8.42. The summed E-state index contributed by atoms with van der Waals surface area (Å²) in [4.78, 5) is 22.6. The van der Waals surface area contributed by atoms with Gasteiger partial charge in [-0.1, -0.05) is 38.5 Å². The van der Waals surface area contributed by atoms with Crippen LogP contribution in [0.2, 0.25) is 0 Å². The van der Waals surface area contributed by atoms with Gasteiger partial charge in [0.15, 0.2) is 10.3 Å². The van der Waals surface area contributed by atoms with E-state index in [1.165, 1.54) is 76.3 Å². The molecule has 1 aromatic rings. The molecule has 27 heavy (non-hydrogen) atoms. The quantitative estimate of drug-likeness (QED) is 0.495. The molecule has 3 aliphatic rings. The monoisotopic (exact) mass is 386 g/mol. The summed E-state index contributed by atoms with van der Waals surface area (Å²) in [6.45, 7) is 0. The second-order valence-electron chi connectivity index (χ2n) is 7.64. The summed E-state index contributed by atoms with van der Waals surface area (Å²) >= 11 is 1.67. The van der Waals surface area contributed by atoms with Gasteiger partial charge in [-0.2, -0.15) is 0 Å². The number of thioether (sulfide) groups is 1. The minimum Gasteiger partial charge on any atom is -0.296 e. The molecule has 6 nitrogen and oxygen atoms in total. The highest BCUT2D eigenvalue weighted by Gasteiger charge is 2.38. The van der Waals surface area contributed by atoms with E-state index in [0.29, 0.717) is 12.1 Å². The van der Waals surface area contributed by atoms with Gasteiger partial charge < -0.3 is 0 Å². The molecule has 0 N–H and O–H groups in total. The molecule has 0 amide bonds. The minimum atomic E-state index is -0.377. The molecule has 1 saturated heterocycles. The molecular formula is C20H26N4O2S. The Balaban J connectivity index is 1.54. The predicted octanol–water partition coefficient (Wildman–Crippen LogP) is 5.65. The van der Waals surface area contributed by atoms with E-state index < -0.39 is 0 Å². The number of nitro benzene ring substituents is 1. The summed E-state index contributed by atoms with van der Waals surface area (Å²) < 4.78 is 0. The normalized spacial score (nSPS) is 25.0. The van der Waals surface area contributed by atoms with Gasteiger partial charge in [0.05, 0.1) is 16.7 Å². The lowest BCUT2D eigenvalue weighted by atomic mass is 9.94. The van der Waals surface area contributed by atoms with Crippen molar-refractivity contribution in [3.63, 3.8) is 0 Å². The van der Waals surface area contributed by atoms with Crippen LogP contribution in [-0.2, 0) is 0 Å². The van der Waals surface area contributed by atoms with Gasteiger partial charge in [0, 0.05) is 18.2 Å². The van der Waals surface area contributed by atoms with E-state index in [0.717, 1.165) is 16.0 Å². The van der Waals surface area contributed by atoms with E-state index in [2.05, 4.69) is 4.90 Å². The van der Waals surface area contributed by atoms with E-state index in [9.17, 15) is 10.1 Å². The third-order valence-corrected chi connectivity index (χ3v) is 6.64. The number of hydrogen-bond donors (Lipinski definition) is 0. The average molecular weight is 387 g/mol. The van der Waals surface area contributed by atoms with Crippen molar-refractivity contribution in [3.8, 4) is 0 Å². The smallest absolute Gasteiger partial charge is 0.269 e. The van der Waals surface area contributed by atoms with Gasteiger partial charge in [-0.15, -0.1) is 0 Å². The van der Waals surface area contributed by atoms with Gasteiger partial charge in [-0.25, -0.2) is 4.99 Å². The van der Waals surface area contributed by atoms with Crippen LogP contribution in [0.25, 0.3) is 0 Å². The Labute approximate surface area is 164 Å². The minimum absolute atomic E-state index is 0.101. The fourth-order valence-corrected chi connectivity index (χ4v) is 5.22. The lowest BCUT2D eigenvalue weighted by Gasteiger charge is -2.43. The Hall–Kier alpha value is -1.89. The van der Waals surface area contributed by atoms with E-state index in [-0.39, 0.29) is 10.6 Å². The van der Waals surface area contributed by atoms with Crippen molar-refractivity contribution < 1.29 is 4.92 Å². The Kier molecular flexibility index (Phi) is 5.76. The number of non-ortho nitro benzene ring substituents is 1. The molecule has 1 aliphatic heterocycles. The number of hydrogen-bond acceptors (Lipinski definition) is 5. The van der Waals surface area contributed by atoms with Crippen LogP contribution in [0.5, 0.6) is 0 Å². The molecule has 144 valence electrons. The van der Waals surface area contributed by atoms with Crippen LogP contribution in [0.4, 0.5) is 11.4 Å². The van der Waals surface area contributed by atoms with Crippen LogP contribution in [0.3, 0.4) is 0 Å². The zero-order valence-corrected chi connectivity index (χ0v) is 16.4. The lowest BCUT2D eigenvalue weighted by molar-refractivity contribution is -0.384. The first-order valence-electron chi connectivity index (χ1n) is 10.1. The summed E-state index contributed by atoms with van der Waals surface area (Å²) in [7, 11) is 0. The van der Waals surface area contributed by atoms with Crippen molar-refractivity contribution >= 4 is 33.5 Å². The highest BCUT2D eigenvalue weighted by atomic mass is 32.2. The molecule has 7 heteroatoms. The summed E-state index contributed by atoms with van der Waals surface area (Å²) in [5.74, 6) is 0. The summed E-state index contributed by atoms with van der Waals surface area (Å²) in [6.07, 6.45) is 12.6. The van der Waals surface area contributed by atoms with Crippen molar-refractivity contribution in [2.75, 3.05) is 0 Å². The largest absolute Gasteiger partial charge is 0.296 e. The van der Waals surface area contributed by atoms with Gasteiger partial charge in [-0.3, -0.25) is 20.0 Å². The molecule has 0 spiro atoms. The van der Waals surface area contributed by atoms with Crippen LogP contribution in [-0.4, -0.2) is 32.2 Å². The molecule has 1 aromatic carbocycles. The maximum atomic E-state index is 10.8. The summed E-state index contributed by atoms with van der Waals surface area (Å²) in [5.41, 5.74) is 0.865. The second-order valence-corrected chi connectivity index (χ2v) is 8.57. The average Bonchev–Trinajstić information content (AvgIpc) is 2.69. The highest BCUT2D eigenvalue weighted by molar-refractivity contribution is 8.29. The fraction of sp³-hybridized carbons (Fsp3) is 0.600. The molecule has 4 rings (SSSR count). The van der Waals surface area contributed by atoms with Gasteiger partial charge in [0.25, 0.3) is 5.69 Å². The van der Waals surface area contributed by atoms with Crippen LogP contribution in [0.1, 0.15) is 64.2 Å². The van der Waals surface area contributed by atoms with Crippen molar-refractivity contribution in [2.45, 2.75) is 76.3 Å². The van der Waals surface area contributed by atoms with Gasteiger partial charge >= 0.3 is 0 Å². The van der Waals surface area contributed by atoms with Gasteiger partial charge in [-0.05, 0) is 49.6 Å². The van der Waals surface area contributed by atoms with Crippen molar-refractivity contribution in [3.05, 3.63) is 34.4 Å². The third kappa shape index (κ3) is 4.34. The zero-order chi connectivity index (χ0) is 18.6. The molecular weight excluding hydrogens is 360 g/mol. The predicted molar refractivity (Wildman–Crippen MR) is 111 cm³/mol. The molecule has 0 unspecified atom stereocenters. The topological polar surface area (TPSA) is 71.1 Å². The SMILES string of the molecule is O=[N+]([O-])c1ccc(N=C2SC(=NC3CCCCC3)N2C2CCCCC2)cc1. The van der Waals surface area contributed by atoms with Gasteiger partial charge in [0.1, 0.15) is 0 Å². The number of nitrogens with zero attached hydrogens (tertiary/aromatic N) is 4. The molecule has 3 fully saturated rings. The molecule has 0 atom stereocenters. The fourth-order valence-electron chi connectivity index (χ4n) is 4.17. The summed E-state index contributed by atoms with van der Waals surface area (Å²) in [5, 5.41) is 13.0.